The lowest BCUT2D eigenvalue weighted by atomic mass is 10.1. The van der Waals surface area contributed by atoms with Crippen LogP contribution in [0.15, 0.2) is 44.8 Å². The number of hydrogen-bond donors (Lipinski definition) is 2. The van der Waals surface area contributed by atoms with Gasteiger partial charge in [-0.3, -0.25) is 9.52 Å². The Kier molecular flexibility index (Phi) is 4.01. The molecule has 2 aromatic rings. The number of halogens is 1. The van der Waals surface area contributed by atoms with Crippen molar-refractivity contribution in [3.63, 3.8) is 0 Å². The molecule has 0 fully saturated rings. The summed E-state index contributed by atoms with van der Waals surface area (Å²) in [4.78, 5) is 13.9. The molecule has 0 amide bonds. The number of hydrogen-bond acceptors (Lipinski definition) is 3. The maximum atomic E-state index is 12.2. The first-order chi connectivity index (χ1) is 9.31. The van der Waals surface area contributed by atoms with Crippen LogP contribution in [0.1, 0.15) is 11.1 Å². The molecule has 0 unspecified atom stereocenters. The second kappa shape index (κ2) is 5.41. The van der Waals surface area contributed by atoms with Crippen LogP contribution in [0.5, 0.6) is 0 Å². The van der Waals surface area contributed by atoms with E-state index in [2.05, 4.69) is 25.6 Å². The number of pyridine rings is 1. The van der Waals surface area contributed by atoms with Gasteiger partial charge in [0.15, 0.2) is 4.90 Å². The minimum absolute atomic E-state index is 0.307. The predicted molar refractivity (Wildman–Crippen MR) is 81.5 cm³/mol. The van der Waals surface area contributed by atoms with Crippen molar-refractivity contribution < 1.29 is 8.42 Å². The Morgan fingerprint density at radius 2 is 1.80 bits per heavy atom. The van der Waals surface area contributed by atoms with Crippen molar-refractivity contribution in [3.8, 4) is 0 Å². The van der Waals surface area contributed by atoms with E-state index in [9.17, 15) is 13.2 Å². The van der Waals surface area contributed by atoms with E-state index in [1.165, 1.54) is 18.5 Å². The van der Waals surface area contributed by atoms with Gasteiger partial charge in [-0.25, -0.2) is 8.42 Å². The summed E-state index contributed by atoms with van der Waals surface area (Å²) in [5, 5.41) is 0. The number of anilines is 1. The first-order valence-corrected chi connectivity index (χ1v) is 8.05. The van der Waals surface area contributed by atoms with Gasteiger partial charge in [0.25, 0.3) is 10.0 Å². The van der Waals surface area contributed by atoms with Crippen LogP contribution in [0.25, 0.3) is 0 Å². The van der Waals surface area contributed by atoms with Crippen molar-refractivity contribution in [1.82, 2.24) is 4.98 Å². The quantitative estimate of drug-likeness (QED) is 0.886. The molecule has 0 saturated carbocycles. The van der Waals surface area contributed by atoms with E-state index in [1.54, 1.807) is 12.1 Å². The Labute approximate surface area is 125 Å². The molecule has 2 N–H and O–H groups in total. The summed E-state index contributed by atoms with van der Waals surface area (Å²) in [5.74, 6) is 0. The van der Waals surface area contributed by atoms with E-state index in [0.717, 1.165) is 15.6 Å². The fourth-order valence-electron chi connectivity index (χ4n) is 1.83. The highest BCUT2D eigenvalue weighted by molar-refractivity contribution is 9.10. The zero-order chi connectivity index (χ0) is 14.9. The maximum Gasteiger partial charge on any atom is 0.267 e. The molecule has 5 nitrogen and oxygen atoms in total. The van der Waals surface area contributed by atoms with E-state index in [-0.39, 0.29) is 4.90 Å². The number of aryl methyl sites for hydroxylation is 2. The number of nitrogens with one attached hydrogen (secondary N) is 2. The van der Waals surface area contributed by atoms with Gasteiger partial charge in [0.2, 0.25) is 5.43 Å². The Morgan fingerprint density at radius 1 is 1.20 bits per heavy atom. The van der Waals surface area contributed by atoms with Crippen molar-refractivity contribution in [1.29, 1.82) is 0 Å². The van der Waals surface area contributed by atoms with Crippen LogP contribution >= 0.6 is 15.9 Å². The topological polar surface area (TPSA) is 79.0 Å². The lowest BCUT2D eigenvalue weighted by Gasteiger charge is -2.10. The fraction of sp³-hybridized carbons (Fsp3) is 0.154. The third kappa shape index (κ3) is 2.94. The summed E-state index contributed by atoms with van der Waals surface area (Å²) >= 11 is 3.42. The maximum absolute atomic E-state index is 12.2. The van der Waals surface area contributed by atoms with Gasteiger partial charge in [-0.15, -0.1) is 0 Å². The van der Waals surface area contributed by atoms with E-state index in [0.29, 0.717) is 5.69 Å². The monoisotopic (exact) mass is 356 g/mol. The number of rotatable bonds is 3. The van der Waals surface area contributed by atoms with Gasteiger partial charge in [0.1, 0.15) is 0 Å². The molecule has 0 radical (unpaired) electrons. The molecule has 0 bridgehead atoms. The zero-order valence-electron chi connectivity index (χ0n) is 10.9. The summed E-state index contributed by atoms with van der Waals surface area (Å²) in [7, 11) is -3.90. The smallest absolute Gasteiger partial charge is 0.267 e. The largest absolute Gasteiger partial charge is 0.366 e. The normalized spacial score (nSPS) is 11.3. The van der Waals surface area contributed by atoms with Crippen LogP contribution < -0.4 is 10.2 Å². The zero-order valence-corrected chi connectivity index (χ0v) is 13.3. The van der Waals surface area contributed by atoms with E-state index in [4.69, 9.17) is 0 Å². The molecular formula is C13H13BrN2O3S. The number of aromatic amines is 1. The van der Waals surface area contributed by atoms with Gasteiger partial charge in [0, 0.05) is 28.6 Å². The third-order valence-electron chi connectivity index (χ3n) is 2.77. The molecule has 7 heteroatoms. The fourth-order valence-corrected chi connectivity index (χ4v) is 3.15. The van der Waals surface area contributed by atoms with E-state index in [1.807, 2.05) is 13.8 Å². The molecule has 1 heterocycles. The molecule has 2 rings (SSSR count). The minimum atomic E-state index is -3.90. The highest BCUT2D eigenvalue weighted by atomic mass is 79.9. The summed E-state index contributed by atoms with van der Waals surface area (Å²) in [6.45, 7) is 3.73. The average Bonchev–Trinajstić information content (AvgIpc) is 2.35. The van der Waals surface area contributed by atoms with Gasteiger partial charge >= 0.3 is 0 Å². The molecule has 0 spiro atoms. The molecule has 106 valence electrons. The third-order valence-corrected chi connectivity index (χ3v) is 5.42. The van der Waals surface area contributed by atoms with Crippen LogP contribution in [-0.4, -0.2) is 13.4 Å². The number of aromatic nitrogens is 1. The van der Waals surface area contributed by atoms with E-state index < -0.39 is 15.5 Å². The second-order valence-electron chi connectivity index (χ2n) is 4.40. The number of benzene rings is 1. The molecule has 20 heavy (non-hydrogen) atoms. The summed E-state index contributed by atoms with van der Waals surface area (Å²) in [6, 6.07) is 4.57. The van der Waals surface area contributed by atoms with Crippen molar-refractivity contribution in [2.45, 2.75) is 18.7 Å². The molecule has 1 aromatic heterocycles. The first kappa shape index (κ1) is 14.8. The van der Waals surface area contributed by atoms with Gasteiger partial charge < -0.3 is 4.98 Å². The van der Waals surface area contributed by atoms with Crippen molar-refractivity contribution >= 4 is 31.6 Å². The van der Waals surface area contributed by atoms with Gasteiger partial charge in [-0.2, -0.15) is 0 Å². The van der Waals surface area contributed by atoms with E-state index >= 15 is 0 Å². The van der Waals surface area contributed by atoms with Crippen LogP contribution in [0.2, 0.25) is 0 Å². The molecule has 0 aliphatic rings. The highest BCUT2D eigenvalue weighted by Crippen LogP contribution is 2.26. The Hall–Kier alpha value is -1.60. The number of H-pyrrole nitrogens is 1. The second-order valence-corrected chi connectivity index (χ2v) is 6.85. The molecule has 0 aliphatic carbocycles. The molecule has 0 atom stereocenters. The SMILES string of the molecule is Cc1cc(NS(=O)(=O)c2c[nH]ccc2=O)cc(C)c1Br. The summed E-state index contributed by atoms with van der Waals surface area (Å²) < 4.78 is 27.7. The molecule has 0 saturated heterocycles. The van der Waals surface area contributed by atoms with Crippen LogP contribution in [0, 0.1) is 13.8 Å². The molecular weight excluding hydrogens is 344 g/mol. The molecule has 1 aromatic carbocycles. The van der Waals surface area contributed by atoms with Crippen molar-refractivity contribution in [3.05, 3.63) is 56.4 Å². The Morgan fingerprint density at radius 3 is 2.35 bits per heavy atom. The molecule has 0 aliphatic heterocycles. The standard InChI is InChI=1S/C13H13BrN2O3S/c1-8-5-10(6-9(2)13(8)14)16-20(18,19)12-7-15-4-3-11(12)17/h3-7,16H,1-2H3,(H,15,17). The minimum Gasteiger partial charge on any atom is -0.366 e. The first-order valence-electron chi connectivity index (χ1n) is 5.78. The lowest BCUT2D eigenvalue weighted by molar-refractivity contribution is 0.600. The van der Waals surface area contributed by atoms with Crippen molar-refractivity contribution in [2.24, 2.45) is 0 Å². The van der Waals surface area contributed by atoms with Crippen LogP contribution in [0.3, 0.4) is 0 Å². The Balaban J connectivity index is 2.44. The Bertz CT molecular complexity index is 789. The van der Waals surface area contributed by atoms with Crippen molar-refractivity contribution in [2.75, 3.05) is 4.72 Å². The summed E-state index contributed by atoms with van der Waals surface area (Å²) in [5.41, 5.74) is 1.68. The van der Waals surface area contributed by atoms with Gasteiger partial charge in [-0.1, -0.05) is 15.9 Å². The lowest BCUT2D eigenvalue weighted by Crippen LogP contribution is -2.21. The van der Waals surface area contributed by atoms with Crippen LogP contribution in [0.4, 0.5) is 5.69 Å². The number of sulfonamides is 1. The van der Waals surface area contributed by atoms with Gasteiger partial charge in [-0.05, 0) is 37.1 Å². The highest BCUT2D eigenvalue weighted by Gasteiger charge is 2.18. The predicted octanol–water partition coefficient (Wildman–Crippen LogP) is 2.56. The average molecular weight is 357 g/mol. The van der Waals surface area contributed by atoms with Gasteiger partial charge in [0.05, 0.1) is 0 Å². The summed E-state index contributed by atoms with van der Waals surface area (Å²) in [6.07, 6.45) is 2.55. The van der Waals surface area contributed by atoms with Crippen LogP contribution in [-0.2, 0) is 10.0 Å².